The Morgan fingerprint density at radius 3 is 2.68 bits per heavy atom. The van der Waals surface area contributed by atoms with Gasteiger partial charge >= 0.3 is 5.97 Å². The van der Waals surface area contributed by atoms with Crippen LogP contribution < -0.4 is 4.72 Å². The van der Waals surface area contributed by atoms with Gasteiger partial charge < -0.3 is 14.9 Å². The molecule has 1 aromatic rings. The quantitative estimate of drug-likeness (QED) is 0.655. The summed E-state index contributed by atoms with van der Waals surface area (Å²) in [5, 5.41) is 18.2. The zero-order valence-corrected chi connectivity index (χ0v) is 12.0. The van der Waals surface area contributed by atoms with Gasteiger partial charge in [-0.1, -0.05) is 0 Å². The number of hydrogen-bond acceptors (Lipinski definition) is 6. The molecule has 0 aromatic carbocycles. The number of aliphatic hydroxyl groups is 1. The maximum Gasteiger partial charge on any atom is 0.345 e. The van der Waals surface area contributed by atoms with E-state index in [1.54, 1.807) is 0 Å². The third-order valence-electron chi connectivity index (χ3n) is 2.24. The zero-order valence-electron chi connectivity index (χ0n) is 10.4. The van der Waals surface area contributed by atoms with Crippen LogP contribution in [-0.4, -0.2) is 51.0 Å². The van der Waals surface area contributed by atoms with Crippen LogP contribution in [0.1, 0.15) is 14.5 Å². The first kappa shape index (κ1) is 16.1. The normalized spacial score (nSPS) is 13.4. The van der Waals surface area contributed by atoms with Crippen LogP contribution in [0.3, 0.4) is 0 Å². The fourth-order valence-electron chi connectivity index (χ4n) is 1.37. The van der Waals surface area contributed by atoms with Crippen molar-refractivity contribution in [3.05, 3.63) is 15.8 Å². The Hall–Kier alpha value is -1.00. The summed E-state index contributed by atoms with van der Waals surface area (Å²) in [7, 11) is -2.45. The standard InChI is InChI=1S/C10H15NO6S2/c1-6-9(3-8(18-6)10(13)14)19(15,16)11-4-7(12)5-17-2/h3,7,11-12H,4-5H2,1-2H3,(H,13,14). The van der Waals surface area contributed by atoms with Gasteiger partial charge in [-0.05, 0) is 13.0 Å². The van der Waals surface area contributed by atoms with Crippen LogP contribution >= 0.6 is 11.3 Å². The van der Waals surface area contributed by atoms with E-state index < -0.39 is 22.1 Å². The summed E-state index contributed by atoms with van der Waals surface area (Å²) in [6.45, 7) is 1.33. The van der Waals surface area contributed by atoms with E-state index in [0.717, 1.165) is 17.4 Å². The molecule has 0 spiro atoms. The van der Waals surface area contributed by atoms with E-state index in [4.69, 9.17) is 5.11 Å². The second-order valence-corrected chi connectivity index (χ2v) is 6.79. The number of carboxylic acids is 1. The van der Waals surface area contributed by atoms with Gasteiger partial charge in [0.05, 0.1) is 17.6 Å². The van der Waals surface area contributed by atoms with Gasteiger partial charge in [0.2, 0.25) is 10.0 Å². The number of thiophene rings is 1. The topological polar surface area (TPSA) is 113 Å². The van der Waals surface area contributed by atoms with Crippen molar-refractivity contribution in [2.75, 3.05) is 20.3 Å². The van der Waals surface area contributed by atoms with Crippen LogP contribution in [0.15, 0.2) is 11.0 Å². The molecule has 19 heavy (non-hydrogen) atoms. The van der Waals surface area contributed by atoms with Crippen molar-refractivity contribution in [1.82, 2.24) is 4.72 Å². The highest BCUT2D eigenvalue weighted by atomic mass is 32.2. The molecule has 0 saturated carbocycles. The molecule has 3 N–H and O–H groups in total. The van der Waals surface area contributed by atoms with Crippen molar-refractivity contribution in [1.29, 1.82) is 0 Å². The molecular weight excluding hydrogens is 294 g/mol. The molecule has 0 radical (unpaired) electrons. The lowest BCUT2D eigenvalue weighted by Gasteiger charge is -2.10. The number of methoxy groups -OCH3 is 1. The Kier molecular flexibility index (Phi) is 5.44. The smallest absolute Gasteiger partial charge is 0.345 e. The lowest BCUT2D eigenvalue weighted by molar-refractivity contribution is 0.0679. The van der Waals surface area contributed by atoms with E-state index in [2.05, 4.69) is 9.46 Å². The molecule has 1 aromatic heterocycles. The predicted molar refractivity (Wildman–Crippen MR) is 69.1 cm³/mol. The van der Waals surface area contributed by atoms with Crippen molar-refractivity contribution >= 4 is 27.3 Å². The molecule has 1 atom stereocenters. The van der Waals surface area contributed by atoms with E-state index in [1.165, 1.54) is 14.0 Å². The number of sulfonamides is 1. The summed E-state index contributed by atoms with van der Waals surface area (Å²) < 4.78 is 30.8. The molecule has 1 rings (SSSR count). The predicted octanol–water partition coefficient (Wildman–Crippen LogP) is 0.0403. The SMILES string of the molecule is COCC(O)CNS(=O)(=O)c1cc(C(=O)O)sc1C. The monoisotopic (exact) mass is 309 g/mol. The Labute approximate surface area is 114 Å². The van der Waals surface area contributed by atoms with Crippen molar-refractivity contribution in [3.63, 3.8) is 0 Å². The van der Waals surface area contributed by atoms with Gasteiger partial charge in [-0.15, -0.1) is 11.3 Å². The molecule has 0 aliphatic carbocycles. The Bertz CT molecular complexity index is 550. The van der Waals surface area contributed by atoms with Crippen molar-refractivity contribution in [2.45, 2.75) is 17.9 Å². The van der Waals surface area contributed by atoms with E-state index in [1.807, 2.05) is 0 Å². The maximum atomic E-state index is 11.9. The van der Waals surface area contributed by atoms with Crippen molar-refractivity contribution in [3.8, 4) is 0 Å². The van der Waals surface area contributed by atoms with Crippen LogP contribution in [0.5, 0.6) is 0 Å². The first-order chi connectivity index (χ1) is 8.77. The second kappa shape index (κ2) is 6.44. The van der Waals surface area contributed by atoms with Crippen molar-refractivity contribution in [2.24, 2.45) is 0 Å². The summed E-state index contributed by atoms with van der Waals surface area (Å²) in [6.07, 6.45) is -0.960. The number of rotatable bonds is 7. The first-order valence-electron chi connectivity index (χ1n) is 5.28. The molecule has 7 nitrogen and oxygen atoms in total. The summed E-state index contributed by atoms with van der Waals surface area (Å²) in [6, 6.07) is 1.10. The summed E-state index contributed by atoms with van der Waals surface area (Å²) in [4.78, 5) is 11.0. The minimum Gasteiger partial charge on any atom is -0.477 e. The average molecular weight is 309 g/mol. The average Bonchev–Trinajstić information content (AvgIpc) is 2.70. The molecule has 0 aliphatic rings. The largest absolute Gasteiger partial charge is 0.477 e. The summed E-state index contributed by atoms with van der Waals surface area (Å²) in [5.74, 6) is -1.17. The number of nitrogens with one attached hydrogen (secondary N) is 1. The molecule has 9 heteroatoms. The highest BCUT2D eigenvalue weighted by Gasteiger charge is 2.22. The first-order valence-corrected chi connectivity index (χ1v) is 7.58. The minimum atomic E-state index is -3.84. The van der Waals surface area contributed by atoms with Gasteiger partial charge in [0.15, 0.2) is 0 Å². The van der Waals surface area contributed by atoms with Crippen molar-refractivity contribution < 1.29 is 28.2 Å². The number of aromatic carboxylic acids is 1. The number of aryl methyl sites for hydroxylation is 1. The van der Waals surface area contributed by atoms with E-state index in [0.29, 0.717) is 4.88 Å². The molecular formula is C10H15NO6S2. The highest BCUT2D eigenvalue weighted by molar-refractivity contribution is 7.89. The number of aliphatic hydroxyl groups excluding tert-OH is 1. The number of carbonyl (C=O) groups is 1. The van der Waals surface area contributed by atoms with Gasteiger partial charge in [0.25, 0.3) is 0 Å². The van der Waals surface area contributed by atoms with Gasteiger partial charge in [0.1, 0.15) is 4.88 Å². The minimum absolute atomic E-state index is 0.00547. The van der Waals surface area contributed by atoms with E-state index in [9.17, 15) is 18.3 Å². The van der Waals surface area contributed by atoms with E-state index >= 15 is 0 Å². The maximum absolute atomic E-state index is 11.9. The zero-order chi connectivity index (χ0) is 14.6. The molecule has 1 unspecified atom stereocenters. The number of hydrogen-bond donors (Lipinski definition) is 3. The molecule has 0 amide bonds. The Morgan fingerprint density at radius 1 is 1.58 bits per heavy atom. The summed E-state index contributed by atoms with van der Waals surface area (Å²) >= 11 is 0.888. The highest BCUT2D eigenvalue weighted by Crippen LogP contribution is 2.25. The van der Waals surface area contributed by atoms with Crippen LogP contribution in [0, 0.1) is 6.92 Å². The van der Waals surface area contributed by atoms with Gasteiger partial charge in [-0.2, -0.15) is 0 Å². The Balaban J connectivity index is 2.86. The lowest BCUT2D eigenvalue weighted by Crippen LogP contribution is -2.34. The van der Waals surface area contributed by atoms with Crippen LogP contribution in [-0.2, 0) is 14.8 Å². The third kappa shape index (κ3) is 4.25. The van der Waals surface area contributed by atoms with Gasteiger partial charge in [0, 0.05) is 18.5 Å². The van der Waals surface area contributed by atoms with Gasteiger partial charge in [-0.3, -0.25) is 0 Å². The lowest BCUT2D eigenvalue weighted by atomic mass is 10.4. The number of carboxylic acid groups (broad SMARTS) is 1. The van der Waals surface area contributed by atoms with E-state index in [-0.39, 0.29) is 22.9 Å². The Morgan fingerprint density at radius 2 is 2.21 bits per heavy atom. The number of ether oxygens (including phenoxy) is 1. The summed E-state index contributed by atoms with van der Waals surface area (Å²) in [5.41, 5.74) is 0. The van der Waals surface area contributed by atoms with Gasteiger partial charge in [-0.25, -0.2) is 17.9 Å². The van der Waals surface area contributed by atoms with Crippen LogP contribution in [0.25, 0.3) is 0 Å². The second-order valence-electron chi connectivity index (χ2n) is 3.80. The molecule has 1 heterocycles. The fraction of sp³-hybridized carbons (Fsp3) is 0.500. The molecule has 0 saturated heterocycles. The molecule has 0 fully saturated rings. The fourth-order valence-corrected chi connectivity index (χ4v) is 3.87. The molecule has 108 valence electrons. The molecule has 0 aliphatic heterocycles. The third-order valence-corrected chi connectivity index (χ3v) is 4.96. The molecule has 0 bridgehead atoms. The van der Waals surface area contributed by atoms with Crippen LogP contribution in [0.2, 0.25) is 0 Å². The van der Waals surface area contributed by atoms with Crippen LogP contribution in [0.4, 0.5) is 0 Å².